The molecule has 1 amide bonds. The van der Waals surface area contributed by atoms with Crippen LogP contribution in [0.25, 0.3) is 0 Å². The summed E-state index contributed by atoms with van der Waals surface area (Å²) in [5.41, 5.74) is -1.03. The van der Waals surface area contributed by atoms with Gasteiger partial charge in [-0.2, -0.15) is 0 Å². The summed E-state index contributed by atoms with van der Waals surface area (Å²) in [6.45, 7) is 11.0. The molecule has 0 aromatic heterocycles. The lowest BCUT2D eigenvalue weighted by molar-refractivity contribution is -0.121. The van der Waals surface area contributed by atoms with Gasteiger partial charge in [-0.05, 0) is 72.6 Å². The lowest BCUT2D eigenvalue weighted by atomic mass is 10.0. The molecule has 1 aliphatic heterocycles. The molecule has 0 aromatic carbocycles. The third-order valence-corrected chi connectivity index (χ3v) is 11.8. The molecule has 0 bridgehead atoms. The van der Waals surface area contributed by atoms with Crippen molar-refractivity contribution in [3.05, 3.63) is 0 Å². The standard InChI is InChI=1S/C43H86NO7PS/c1-9-10-11-12-13-14-15-16-17-18-19-20-21-22-23-24-25-26-27-28-29-30-31-34-39(45)44-35-32-33-37-40(47-8)41(38(49-37)36-48-42(2,3)4)50-52(46,53)51-43(5,6)7/h37-38,40-41H,9-36H2,1-8H3,(H,44,45)(H,46,53)/t37-,38+,40-,41+,52?/m0/s1. The monoisotopic (exact) mass is 792 g/mol. The highest BCUT2D eigenvalue weighted by atomic mass is 32.5. The summed E-state index contributed by atoms with van der Waals surface area (Å²) in [4.78, 5) is 23.3. The Morgan fingerprint density at radius 3 is 1.49 bits per heavy atom. The van der Waals surface area contributed by atoms with Crippen LogP contribution in [0.4, 0.5) is 0 Å². The Kier molecular flexibility index (Phi) is 28.8. The van der Waals surface area contributed by atoms with Crippen molar-refractivity contribution in [3.8, 4) is 0 Å². The van der Waals surface area contributed by atoms with E-state index in [1.807, 2.05) is 41.5 Å². The van der Waals surface area contributed by atoms with Crippen molar-refractivity contribution in [2.24, 2.45) is 0 Å². The van der Waals surface area contributed by atoms with Gasteiger partial charge >= 0.3 is 6.72 Å². The van der Waals surface area contributed by atoms with Crippen LogP contribution in [0.3, 0.4) is 0 Å². The maximum atomic E-state index is 12.5. The highest BCUT2D eigenvalue weighted by molar-refractivity contribution is 8.07. The molecule has 0 saturated carbocycles. The molecule has 2 N–H and O–H groups in total. The van der Waals surface area contributed by atoms with Crippen molar-refractivity contribution >= 4 is 24.4 Å². The topological polar surface area (TPSA) is 95.5 Å². The van der Waals surface area contributed by atoms with Gasteiger partial charge in [-0.25, -0.2) is 0 Å². The number of hydrogen-bond donors (Lipinski definition) is 2. The zero-order valence-corrected chi connectivity index (χ0v) is 37.6. The molecule has 0 radical (unpaired) electrons. The van der Waals surface area contributed by atoms with E-state index in [0.717, 1.165) is 19.3 Å². The van der Waals surface area contributed by atoms with E-state index < -0.39 is 30.6 Å². The van der Waals surface area contributed by atoms with Crippen LogP contribution in [0, 0.1) is 0 Å². The number of unbranched alkanes of at least 4 members (excludes halogenated alkanes) is 22. The fourth-order valence-electron chi connectivity index (χ4n) is 7.13. The van der Waals surface area contributed by atoms with Crippen molar-refractivity contribution in [1.29, 1.82) is 0 Å². The maximum absolute atomic E-state index is 12.5. The Labute approximate surface area is 333 Å². The molecule has 1 heterocycles. The van der Waals surface area contributed by atoms with Crippen molar-refractivity contribution in [3.63, 3.8) is 0 Å². The quantitative estimate of drug-likeness (QED) is 0.0491. The summed E-state index contributed by atoms with van der Waals surface area (Å²) < 4.78 is 29.9. The van der Waals surface area contributed by atoms with E-state index in [2.05, 4.69) is 12.2 Å². The summed E-state index contributed by atoms with van der Waals surface area (Å²) in [7, 11) is 1.61. The Morgan fingerprint density at radius 1 is 0.660 bits per heavy atom. The van der Waals surface area contributed by atoms with Gasteiger partial charge in [0.2, 0.25) is 5.91 Å². The first kappa shape index (κ1) is 50.9. The summed E-state index contributed by atoms with van der Waals surface area (Å²) in [5, 5.41) is 3.07. The Hall–Kier alpha value is -0.120. The molecule has 53 heavy (non-hydrogen) atoms. The normalized spacial score (nSPS) is 20.5. The van der Waals surface area contributed by atoms with Crippen LogP contribution >= 0.6 is 6.72 Å². The van der Waals surface area contributed by atoms with Gasteiger partial charge in [-0.15, -0.1) is 0 Å². The second kappa shape index (κ2) is 30.0. The smallest absolute Gasteiger partial charge is 0.325 e. The first-order chi connectivity index (χ1) is 25.2. The molecular formula is C43H86NO7PS. The number of ether oxygens (including phenoxy) is 3. The molecular weight excluding hydrogens is 706 g/mol. The zero-order valence-electron chi connectivity index (χ0n) is 35.9. The van der Waals surface area contributed by atoms with Gasteiger partial charge in [0.05, 0.1) is 23.9 Å². The Bertz CT molecular complexity index is 941. The highest BCUT2D eigenvalue weighted by Gasteiger charge is 2.48. The molecule has 316 valence electrons. The highest BCUT2D eigenvalue weighted by Crippen LogP contribution is 2.51. The lowest BCUT2D eigenvalue weighted by Crippen LogP contribution is -2.39. The van der Waals surface area contributed by atoms with E-state index >= 15 is 0 Å². The molecule has 1 rings (SSSR count). The minimum atomic E-state index is -3.56. The fourth-order valence-corrected chi connectivity index (χ4v) is 9.39. The van der Waals surface area contributed by atoms with Crippen LogP contribution in [0.2, 0.25) is 0 Å². The van der Waals surface area contributed by atoms with Gasteiger partial charge in [0, 0.05) is 20.1 Å². The SMILES string of the molecule is CCCCCCCCCCCCCCCCCCCCCCCCCC(=O)NCCC[C@@H]1O[C@H](COC(C)(C)C)[C@@H](OP(O)(=S)OC(C)(C)C)[C@H]1OC. The van der Waals surface area contributed by atoms with Crippen LogP contribution in [-0.2, 0) is 39.9 Å². The van der Waals surface area contributed by atoms with Crippen molar-refractivity contribution in [1.82, 2.24) is 5.32 Å². The Balaban J connectivity index is 2.08. The van der Waals surface area contributed by atoms with Gasteiger partial charge in [0.1, 0.15) is 18.3 Å². The van der Waals surface area contributed by atoms with E-state index in [1.54, 1.807) is 7.11 Å². The van der Waals surface area contributed by atoms with Crippen molar-refractivity contribution < 1.29 is 32.9 Å². The zero-order chi connectivity index (χ0) is 39.4. The predicted molar refractivity (Wildman–Crippen MR) is 226 cm³/mol. The fraction of sp³-hybridized carbons (Fsp3) is 0.977. The van der Waals surface area contributed by atoms with Crippen molar-refractivity contribution in [2.45, 2.75) is 251 Å². The summed E-state index contributed by atoms with van der Waals surface area (Å²) in [6, 6.07) is 0. The van der Waals surface area contributed by atoms with Crippen LogP contribution in [0.5, 0.6) is 0 Å². The number of carbonyl (C=O) groups is 1. The second-order valence-electron chi connectivity index (χ2n) is 17.6. The minimum absolute atomic E-state index is 0.113. The van der Waals surface area contributed by atoms with Crippen LogP contribution in [0.15, 0.2) is 0 Å². The first-order valence-corrected chi connectivity index (χ1v) is 24.6. The summed E-state index contributed by atoms with van der Waals surface area (Å²) in [5.74, 6) is 0.113. The third-order valence-electron chi connectivity index (χ3n) is 10.00. The summed E-state index contributed by atoms with van der Waals surface area (Å²) in [6.07, 6.45) is 31.6. The molecule has 0 spiro atoms. The molecule has 0 aromatic rings. The minimum Gasteiger partial charge on any atom is -0.376 e. The molecule has 0 aliphatic carbocycles. The molecule has 1 aliphatic rings. The molecule has 1 unspecified atom stereocenters. The third kappa shape index (κ3) is 28.9. The van der Waals surface area contributed by atoms with E-state index in [0.29, 0.717) is 19.4 Å². The maximum Gasteiger partial charge on any atom is 0.325 e. The van der Waals surface area contributed by atoms with E-state index in [1.165, 1.54) is 135 Å². The molecule has 8 nitrogen and oxygen atoms in total. The van der Waals surface area contributed by atoms with Gasteiger partial charge in [-0.1, -0.05) is 148 Å². The van der Waals surface area contributed by atoms with Gasteiger partial charge in [0.15, 0.2) is 0 Å². The van der Waals surface area contributed by atoms with Crippen LogP contribution in [-0.4, -0.2) is 66.7 Å². The van der Waals surface area contributed by atoms with E-state index in [9.17, 15) is 9.69 Å². The van der Waals surface area contributed by atoms with E-state index in [4.69, 9.17) is 35.1 Å². The number of rotatable bonds is 34. The summed E-state index contributed by atoms with van der Waals surface area (Å²) >= 11 is 5.35. The largest absolute Gasteiger partial charge is 0.376 e. The number of carbonyl (C=O) groups excluding carboxylic acids is 1. The number of amides is 1. The molecule has 1 fully saturated rings. The first-order valence-electron chi connectivity index (χ1n) is 22.0. The van der Waals surface area contributed by atoms with Crippen LogP contribution < -0.4 is 5.32 Å². The van der Waals surface area contributed by atoms with Gasteiger partial charge in [-0.3, -0.25) is 9.32 Å². The van der Waals surface area contributed by atoms with E-state index in [-0.39, 0.29) is 24.2 Å². The average molecular weight is 792 g/mol. The number of nitrogens with one attached hydrogen (secondary N) is 1. The molecule has 1 saturated heterocycles. The van der Waals surface area contributed by atoms with Crippen LogP contribution in [0.1, 0.15) is 215 Å². The molecule has 5 atom stereocenters. The second-order valence-corrected chi connectivity index (χ2v) is 20.3. The Morgan fingerprint density at radius 2 is 1.09 bits per heavy atom. The average Bonchev–Trinajstić information content (AvgIpc) is 3.39. The van der Waals surface area contributed by atoms with Gasteiger partial charge in [0.25, 0.3) is 0 Å². The molecule has 10 heteroatoms. The lowest BCUT2D eigenvalue weighted by Gasteiger charge is -2.31. The predicted octanol–water partition coefficient (Wildman–Crippen LogP) is 12.3. The van der Waals surface area contributed by atoms with Crippen molar-refractivity contribution in [2.75, 3.05) is 20.3 Å². The number of hydrogen-bond acceptors (Lipinski definition) is 7. The number of methoxy groups -OCH3 is 1. The van der Waals surface area contributed by atoms with Gasteiger partial charge < -0.3 is 28.9 Å².